The molecule has 2 aromatic carbocycles. The van der Waals surface area contributed by atoms with Gasteiger partial charge in [-0.1, -0.05) is 55.5 Å². The molecule has 1 unspecified atom stereocenters. The number of hydrogen-bond acceptors (Lipinski definition) is 4. The van der Waals surface area contributed by atoms with Crippen LogP contribution in [-0.4, -0.2) is 54.2 Å². The van der Waals surface area contributed by atoms with Crippen LogP contribution in [0.5, 0.6) is 0 Å². The van der Waals surface area contributed by atoms with Crippen molar-refractivity contribution in [2.75, 3.05) is 26.2 Å². The molecule has 0 bridgehead atoms. The first kappa shape index (κ1) is 21.9. The molecule has 0 aromatic heterocycles. The van der Waals surface area contributed by atoms with E-state index in [9.17, 15) is 14.4 Å². The van der Waals surface area contributed by atoms with Gasteiger partial charge in [0.1, 0.15) is 6.61 Å². The van der Waals surface area contributed by atoms with E-state index in [2.05, 4.69) is 29.6 Å². The maximum Gasteiger partial charge on any atom is 0.407 e. The Balaban J connectivity index is 1.28. The number of likely N-dealkylation sites (tertiary alicyclic amines) is 1. The molecule has 2 aliphatic rings. The number of ether oxygens (including phenoxy) is 1. The summed E-state index contributed by atoms with van der Waals surface area (Å²) in [7, 11) is 0. The van der Waals surface area contributed by atoms with Gasteiger partial charge in [0.25, 0.3) is 0 Å². The predicted molar refractivity (Wildman–Crippen MR) is 119 cm³/mol. The molecule has 1 fully saturated rings. The Bertz CT molecular complexity index is 969. The minimum Gasteiger partial charge on any atom is -0.481 e. The molecule has 1 saturated heterocycles. The van der Waals surface area contributed by atoms with E-state index >= 15 is 0 Å². The summed E-state index contributed by atoms with van der Waals surface area (Å²) >= 11 is 0. The number of alkyl carbamates (subject to hydrolysis) is 1. The van der Waals surface area contributed by atoms with Gasteiger partial charge in [-0.15, -0.1) is 0 Å². The van der Waals surface area contributed by atoms with Gasteiger partial charge in [-0.05, 0) is 28.7 Å². The van der Waals surface area contributed by atoms with E-state index in [4.69, 9.17) is 9.84 Å². The number of benzene rings is 2. The van der Waals surface area contributed by atoms with E-state index in [1.54, 1.807) is 4.90 Å². The van der Waals surface area contributed by atoms with E-state index < -0.39 is 12.1 Å². The largest absolute Gasteiger partial charge is 0.481 e. The zero-order valence-electron chi connectivity index (χ0n) is 18.1. The molecule has 0 radical (unpaired) electrons. The monoisotopic (exact) mass is 436 g/mol. The molecule has 1 heterocycles. The van der Waals surface area contributed by atoms with E-state index in [1.807, 2.05) is 31.2 Å². The summed E-state index contributed by atoms with van der Waals surface area (Å²) in [5, 5.41) is 11.6. The number of nitrogens with zero attached hydrogens (tertiary/aromatic N) is 1. The normalized spacial score (nSPS) is 16.0. The molecule has 4 rings (SSSR count). The van der Waals surface area contributed by atoms with Gasteiger partial charge in [0.15, 0.2) is 0 Å². The lowest BCUT2D eigenvalue weighted by Gasteiger charge is -2.40. The molecule has 1 aliphatic carbocycles. The Morgan fingerprint density at radius 1 is 1.06 bits per heavy atom. The van der Waals surface area contributed by atoms with Gasteiger partial charge < -0.3 is 20.1 Å². The van der Waals surface area contributed by atoms with Crippen molar-refractivity contribution in [2.24, 2.45) is 11.8 Å². The molecule has 32 heavy (non-hydrogen) atoms. The Kier molecular flexibility index (Phi) is 6.44. The van der Waals surface area contributed by atoms with Crippen LogP contribution < -0.4 is 5.32 Å². The molecule has 1 atom stereocenters. The Morgan fingerprint density at radius 3 is 2.22 bits per heavy atom. The molecule has 7 heteroatoms. The Morgan fingerprint density at radius 2 is 1.66 bits per heavy atom. The second-order valence-corrected chi connectivity index (χ2v) is 8.52. The topological polar surface area (TPSA) is 95.9 Å². The fraction of sp³-hybridized carbons (Fsp3) is 0.400. The number of fused-ring (bicyclic) bond motifs is 3. The SMILES string of the molecule is CCC(CNC(=O)OCC1c2ccccc2-c2ccccc21)C(=O)N1CC(CC(=O)O)C1. The average molecular weight is 437 g/mol. The van der Waals surface area contributed by atoms with Crippen molar-refractivity contribution in [1.82, 2.24) is 10.2 Å². The zero-order chi connectivity index (χ0) is 22.7. The third-order valence-corrected chi connectivity index (χ3v) is 6.41. The van der Waals surface area contributed by atoms with Crippen LogP contribution in [0.4, 0.5) is 4.79 Å². The van der Waals surface area contributed by atoms with Crippen molar-refractivity contribution < 1.29 is 24.2 Å². The number of carbonyl (C=O) groups excluding carboxylic acids is 2. The number of hydrogen-bond donors (Lipinski definition) is 2. The molecule has 168 valence electrons. The molecule has 2 N–H and O–H groups in total. The van der Waals surface area contributed by atoms with Crippen molar-refractivity contribution in [3.63, 3.8) is 0 Å². The first-order valence-corrected chi connectivity index (χ1v) is 11.1. The number of amides is 2. The van der Waals surface area contributed by atoms with Gasteiger partial charge in [0.2, 0.25) is 5.91 Å². The second kappa shape index (κ2) is 9.42. The van der Waals surface area contributed by atoms with Crippen molar-refractivity contribution in [3.05, 3.63) is 59.7 Å². The maximum atomic E-state index is 12.6. The summed E-state index contributed by atoms with van der Waals surface area (Å²) in [4.78, 5) is 37.4. The van der Waals surface area contributed by atoms with Crippen molar-refractivity contribution in [3.8, 4) is 11.1 Å². The first-order chi connectivity index (χ1) is 15.5. The lowest BCUT2D eigenvalue weighted by atomic mass is 9.93. The highest BCUT2D eigenvalue weighted by Gasteiger charge is 2.35. The van der Waals surface area contributed by atoms with Crippen molar-refractivity contribution in [2.45, 2.75) is 25.7 Å². The van der Waals surface area contributed by atoms with Gasteiger partial charge in [-0.3, -0.25) is 9.59 Å². The van der Waals surface area contributed by atoms with E-state index in [-0.39, 0.29) is 43.2 Å². The van der Waals surface area contributed by atoms with Gasteiger partial charge in [-0.2, -0.15) is 0 Å². The number of nitrogens with one attached hydrogen (secondary N) is 1. The summed E-state index contributed by atoms with van der Waals surface area (Å²) < 4.78 is 5.54. The van der Waals surface area contributed by atoms with Gasteiger partial charge in [0, 0.05) is 31.5 Å². The highest BCUT2D eigenvalue weighted by atomic mass is 16.5. The van der Waals surface area contributed by atoms with Gasteiger partial charge in [0.05, 0.1) is 12.3 Å². The molecule has 2 amide bonds. The highest BCUT2D eigenvalue weighted by molar-refractivity contribution is 5.81. The van der Waals surface area contributed by atoms with Crippen LogP contribution in [0.15, 0.2) is 48.5 Å². The van der Waals surface area contributed by atoms with E-state index in [1.165, 1.54) is 11.1 Å². The number of carbonyl (C=O) groups is 3. The van der Waals surface area contributed by atoms with Crippen LogP contribution >= 0.6 is 0 Å². The second-order valence-electron chi connectivity index (χ2n) is 8.52. The minimum atomic E-state index is -0.842. The van der Waals surface area contributed by atoms with Crippen molar-refractivity contribution in [1.29, 1.82) is 0 Å². The summed E-state index contributed by atoms with van der Waals surface area (Å²) in [6.07, 6.45) is 0.131. The third kappa shape index (κ3) is 4.47. The molecular formula is C25H28N2O5. The summed E-state index contributed by atoms with van der Waals surface area (Å²) in [5.74, 6) is -1.23. The minimum absolute atomic E-state index is 0.0102. The zero-order valence-corrected chi connectivity index (χ0v) is 18.1. The van der Waals surface area contributed by atoms with Crippen LogP contribution in [0.2, 0.25) is 0 Å². The number of carboxylic acids is 1. The lowest BCUT2D eigenvalue weighted by Crippen LogP contribution is -2.53. The molecular weight excluding hydrogens is 408 g/mol. The number of rotatable bonds is 8. The van der Waals surface area contributed by atoms with Crippen LogP contribution in [-0.2, 0) is 14.3 Å². The predicted octanol–water partition coefficient (Wildman–Crippen LogP) is 3.48. The molecule has 7 nitrogen and oxygen atoms in total. The first-order valence-electron chi connectivity index (χ1n) is 11.1. The smallest absolute Gasteiger partial charge is 0.407 e. The average Bonchev–Trinajstić information content (AvgIpc) is 3.08. The van der Waals surface area contributed by atoms with Crippen LogP contribution in [0.1, 0.15) is 36.8 Å². The quantitative estimate of drug-likeness (QED) is 0.661. The standard InChI is InChI=1S/C25H28N2O5/c1-2-17(24(30)27-13-16(14-27)11-23(28)29)12-26-25(31)32-15-22-20-9-5-3-7-18(20)19-8-4-6-10-21(19)22/h3-10,16-17,22H,2,11-15H2,1H3,(H,26,31)(H,28,29). The fourth-order valence-corrected chi connectivity index (χ4v) is 4.65. The molecule has 0 spiro atoms. The summed E-state index contributed by atoms with van der Waals surface area (Å²) in [6.45, 7) is 3.26. The summed E-state index contributed by atoms with van der Waals surface area (Å²) in [5.41, 5.74) is 4.64. The van der Waals surface area contributed by atoms with E-state index in [0.29, 0.717) is 19.5 Å². The van der Waals surface area contributed by atoms with Gasteiger partial charge >= 0.3 is 12.1 Å². The summed E-state index contributed by atoms with van der Waals surface area (Å²) in [6, 6.07) is 16.3. The Labute approximate surface area is 187 Å². The third-order valence-electron chi connectivity index (χ3n) is 6.41. The fourth-order valence-electron chi connectivity index (χ4n) is 4.65. The van der Waals surface area contributed by atoms with Gasteiger partial charge in [-0.25, -0.2) is 4.79 Å². The van der Waals surface area contributed by atoms with Crippen LogP contribution in [0.25, 0.3) is 11.1 Å². The van der Waals surface area contributed by atoms with Crippen LogP contribution in [0.3, 0.4) is 0 Å². The lowest BCUT2D eigenvalue weighted by molar-refractivity contribution is -0.147. The van der Waals surface area contributed by atoms with Crippen molar-refractivity contribution >= 4 is 18.0 Å². The Hall–Kier alpha value is -3.35. The molecule has 2 aromatic rings. The maximum absolute atomic E-state index is 12.6. The number of carboxylic acid groups (broad SMARTS) is 1. The highest BCUT2D eigenvalue weighted by Crippen LogP contribution is 2.44. The molecule has 0 saturated carbocycles. The number of aliphatic carboxylic acids is 1. The molecule has 1 aliphatic heterocycles. The van der Waals surface area contributed by atoms with Crippen LogP contribution in [0, 0.1) is 11.8 Å². The van der Waals surface area contributed by atoms with E-state index in [0.717, 1.165) is 11.1 Å².